The lowest BCUT2D eigenvalue weighted by atomic mass is 10.1. The molecule has 2 heterocycles. The zero-order valence-electron chi connectivity index (χ0n) is 13.0. The maximum Gasteiger partial charge on any atom is 0.118 e. The van der Waals surface area contributed by atoms with Gasteiger partial charge in [0, 0.05) is 18.3 Å². The van der Waals surface area contributed by atoms with Gasteiger partial charge in [-0.3, -0.25) is 9.88 Å². The van der Waals surface area contributed by atoms with Crippen molar-refractivity contribution in [1.82, 2.24) is 9.88 Å². The number of aryl methyl sites for hydroxylation is 1. The number of hydrogen-bond acceptors (Lipinski definition) is 3. The van der Waals surface area contributed by atoms with Crippen molar-refractivity contribution in [2.75, 3.05) is 7.05 Å². The van der Waals surface area contributed by atoms with Gasteiger partial charge >= 0.3 is 0 Å². The van der Waals surface area contributed by atoms with E-state index in [1.54, 1.807) is 0 Å². The number of rotatable bonds is 5. The molecule has 0 bridgehead atoms. The molecule has 0 saturated carbocycles. The van der Waals surface area contributed by atoms with Gasteiger partial charge in [-0.2, -0.15) is 0 Å². The van der Waals surface area contributed by atoms with Crippen LogP contribution >= 0.6 is 0 Å². The number of pyridine rings is 1. The van der Waals surface area contributed by atoms with E-state index >= 15 is 0 Å². The molecule has 0 radical (unpaired) electrons. The van der Waals surface area contributed by atoms with Crippen LogP contribution in [0.25, 0.3) is 11.3 Å². The van der Waals surface area contributed by atoms with E-state index in [1.807, 2.05) is 43.5 Å². The quantitative estimate of drug-likeness (QED) is 0.703. The highest BCUT2D eigenvalue weighted by molar-refractivity contribution is 5.58. The van der Waals surface area contributed by atoms with Gasteiger partial charge < -0.3 is 4.42 Å². The molecule has 0 aliphatic rings. The average Bonchev–Trinajstić information content (AvgIpc) is 2.94. The first-order valence-corrected chi connectivity index (χ1v) is 7.45. The second kappa shape index (κ2) is 6.58. The first-order chi connectivity index (χ1) is 10.7. The number of aromatic nitrogens is 1. The Morgan fingerprint density at radius 2 is 1.77 bits per heavy atom. The number of hydrogen-bond donors (Lipinski definition) is 0. The van der Waals surface area contributed by atoms with Crippen LogP contribution in [0.1, 0.15) is 17.1 Å². The molecule has 0 amide bonds. The number of nitrogens with zero attached hydrogens (tertiary/aromatic N) is 2. The highest BCUT2D eigenvalue weighted by Gasteiger charge is 2.05. The standard InChI is InChI=1S/C19H20N2O/c1-15-6-11-18(22-15)14-21(2)13-16-7-9-17(10-8-16)19-5-3-4-12-20-19/h3-12H,13-14H2,1-2H3. The van der Waals surface area contributed by atoms with Crippen molar-refractivity contribution in [2.45, 2.75) is 20.0 Å². The van der Waals surface area contributed by atoms with Crippen LogP contribution in [-0.4, -0.2) is 16.9 Å². The number of benzene rings is 1. The van der Waals surface area contributed by atoms with Gasteiger partial charge in [0.05, 0.1) is 12.2 Å². The maximum atomic E-state index is 5.62. The van der Waals surface area contributed by atoms with Crippen molar-refractivity contribution in [2.24, 2.45) is 0 Å². The molecule has 1 aromatic carbocycles. The molecule has 0 spiro atoms. The molecule has 0 N–H and O–H groups in total. The van der Waals surface area contributed by atoms with E-state index in [2.05, 4.69) is 41.2 Å². The molecule has 0 unspecified atom stereocenters. The van der Waals surface area contributed by atoms with E-state index in [9.17, 15) is 0 Å². The fraction of sp³-hybridized carbons (Fsp3) is 0.211. The summed E-state index contributed by atoms with van der Waals surface area (Å²) in [6.07, 6.45) is 1.82. The summed E-state index contributed by atoms with van der Waals surface area (Å²) >= 11 is 0. The molecule has 22 heavy (non-hydrogen) atoms. The summed E-state index contributed by atoms with van der Waals surface area (Å²) in [6.45, 7) is 3.68. The molecule has 0 saturated heterocycles. The average molecular weight is 292 g/mol. The molecular weight excluding hydrogens is 272 g/mol. The summed E-state index contributed by atoms with van der Waals surface area (Å²) in [5, 5.41) is 0. The molecule has 3 rings (SSSR count). The van der Waals surface area contributed by atoms with Crippen molar-refractivity contribution in [3.8, 4) is 11.3 Å². The molecule has 0 atom stereocenters. The minimum absolute atomic E-state index is 0.815. The summed E-state index contributed by atoms with van der Waals surface area (Å²) in [5.74, 6) is 1.97. The van der Waals surface area contributed by atoms with E-state index in [0.717, 1.165) is 35.9 Å². The van der Waals surface area contributed by atoms with Crippen molar-refractivity contribution >= 4 is 0 Å². The first-order valence-electron chi connectivity index (χ1n) is 7.45. The summed E-state index contributed by atoms with van der Waals surface area (Å²) in [7, 11) is 2.10. The van der Waals surface area contributed by atoms with Crippen LogP contribution < -0.4 is 0 Å². The minimum atomic E-state index is 0.815. The van der Waals surface area contributed by atoms with E-state index in [0.29, 0.717) is 0 Å². The molecule has 0 fully saturated rings. The summed E-state index contributed by atoms with van der Waals surface area (Å²) in [6, 6.07) is 18.6. The van der Waals surface area contributed by atoms with Gasteiger partial charge in [-0.1, -0.05) is 30.3 Å². The Labute approximate surface area is 131 Å². The summed E-state index contributed by atoms with van der Waals surface area (Å²) in [5.41, 5.74) is 3.44. The third kappa shape index (κ3) is 3.62. The van der Waals surface area contributed by atoms with E-state index in [4.69, 9.17) is 4.42 Å². The largest absolute Gasteiger partial charge is 0.465 e. The Morgan fingerprint density at radius 1 is 0.955 bits per heavy atom. The van der Waals surface area contributed by atoms with Crippen LogP contribution in [-0.2, 0) is 13.1 Å². The van der Waals surface area contributed by atoms with Crippen molar-refractivity contribution in [1.29, 1.82) is 0 Å². The summed E-state index contributed by atoms with van der Waals surface area (Å²) in [4.78, 5) is 6.62. The molecule has 3 aromatic rings. The fourth-order valence-electron chi connectivity index (χ4n) is 2.52. The van der Waals surface area contributed by atoms with Gasteiger partial charge in [-0.15, -0.1) is 0 Å². The van der Waals surface area contributed by atoms with Crippen molar-refractivity contribution in [3.63, 3.8) is 0 Å². The molecular formula is C19H20N2O. The molecule has 0 aliphatic carbocycles. The molecule has 3 nitrogen and oxygen atoms in total. The second-order valence-electron chi connectivity index (χ2n) is 5.60. The topological polar surface area (TPSA) is 29.3 Å². The smallest absolute Gasteiger partial charge is 0.118 e. The van der Waals surface area contributed by atoms with Crippen LogP contribution in [0.4, 0.5) is 0 Å². The van der Waals surface area contributed by atoms with Crippen LogP contribution in [0.2, 0.25) is 0 Å². The zero-order valence-corrected chi connectivity index (χ0v) is 13.0. The maximum absolute atomic E-state index is 5.62. The Morgan fingerprint density at radius 3 is 2.41 bits per heavy atom. The highest BCUT2D eigenvalue weighted by atomic mass is 16.3. The predicted molar refractivity (Wildman–Crippen MR) is 88.3 cm³/mol. The fourth-order valence-corrected chi connectivity index (χ4v) is 2.52. The van der Waals surface area contributed by atoms with Crippen LogP contribution in [0.3, 0.4) is 0 Å². The zero-order chi connectivity index (χ0) is 15.4. The molecule has 112 valence electrons. The van der Waals surface area contributed by atoms with E-state index in [1.165, 1.54) is 5.56 Å². The van der Waals surface area contributed by atoms with Crippen LogP contribution in [0.5, 0.6) is 0 Å². The van der Waals surface area contributed by atoms with Crippen LogP contribution in [0.15, 0.2) is 65.2 Å². The molecule has 3 heteroatoms. The third-order valence-electron chi connectivity index (χ3n) is 3.59. The van der Waals surface area contributed by atoms with E-state index < -0.39 is 0 Å². The lowest BCUT2D eigenvalue weighted by Crippen LogP contribution is -2.16. The van der Waals surface area contributed by atoms with E-state index in [-0.39, 0.29) is 0 Å². The number of furan rings is 1. The Hall–Kier alpha value is -2.39. The first kappa shape index (κ1) is 14.5. The van der Waals surface area contributed by atoms with Gasteiger partial charge in [-0.05, 0) is 43.8 Å². The van der Waals surface area contributed by atoms with Crippen molar-refractivity contribution in [3.05, 3.63) is 77.9 Å². The lowest BCUT2D eigenvalue weighted by molar-refractivity contribution is 0.285. The van der Waals surface area contributed by atoms with Crippen LogP contribution in [0, 0.1) is 6.92 Å². The predicted octanol–water partition coefficient (Wildman–Crippen LogP) is 4.28. The summed E-state index contributed by atoms with van der Waals surface area (Å²) < 4.78 is 5.62. The third-order valence-corrected chi connectivity index (χ3v) is 3.59. The van der Waals surface area contributed by atoms with Gasteiger partial charge in [0.15, 0.2) is 0 Å². The SMILES string of the molecule is Cc1ccc(CN(C)Cc2ccc(-c3ccccn3)cc2)o1. The van der Waals surface area contributed by atoms with Gasteiger partial charge in [0.1, 0.15) is 11.5 Å². The monoisotopic (exact) mass is 292 g/mol. The Balaban J connectivity index is 1.63. The van der Waals surface area contributed by atoms with Gasteiger partial charge in [0.25, 0.3) is 0 Å². The minimum Gasteiger partial charge on any atom is -0.465 e. The molecule has 0 aliphatic heterocycles. The second-order valence-corrected chi connectivity index (χ2v) is 5.60. The van der Waals surface area contributed by atoms with Crippen molar-refractivity contribution < 1.29 is 4.42 Å². The lowest BCUT2D eigenvalue weighted by Gasteiger charge is -2.15. The van der Waals surface area contributed by atoms with Gasteiger partial charge in [0.2, 0.25) is 0 Å². The Kier molecular flexibility index (Phi) is 4.35. The normalized spacial score (nSPS) is 11.0. The molecule has 2 aromatic heterocycles. The highest BCUT2D eigenvalue weighted by Crippen LogP contribution is 2.18. The Bertz CT molecular complexity index is 717. The van der Waals surface area contributed by atoms with Gasteiger partial charge in [-0.25, -0.2) is 0 Å².